The Bertz CT molecular complexity index is 1520. The standard InChI is InChI=1S/C69H116O6/c1-4-7-10-13-16-19-22-25-28-31-33-34-36-38-41-44-47-50-53-56-59-62-68(71)74-65-66(64-73-67(70)61-58-55-52-49-46-43-40-37-30-27-24-21-18-15-12-9-6-3)75-69(72)63-60-57-54-51-48-45-42-39-35-32-29-26-23-20-17-14-11-8-5-2/h8,11,17,20,26-27,29-30,35,39-40,43,45,48-49,52,54,57,66H,4-7,9-10,12-16,18-19,21-25,28,31-34,36-38,41-42,44,46-47,50-51,53,55-56,58-65H2,1-3H3/b11-8-,20-17-,29-26-,30-27-,39-35-,43-40-,48-45-,52-49-,57-54-/t66-/m1/s1. The van der Waals surface area contributed by atoms with Crippen molar-refractivity contribution in [3.05, 3.63) is 109 Å². The first-order valence-corrected chi connectivity index (χ1v) is 31.4. The molecule has 0 aliphatic heterocycles. The fourth-order valence-corrected chi connectivity index (χ4v) is 8.60. The largest absolute Gasteiger partial charge is 0.462 e. The molecule has 0 bridgehead atoms. The maximum atomic E-state index is 12.9. The average molecular weight is 1040 g/mol. The van der Waals surface area contributed by atoms with Crippen molar-refractivity contribution < 1.29 is 28.6 Å². The summed E-state index contributed by atoms with van der Waals surface area (Å²) < 4.78 is 16.8. The van der Waals surface area contributed by atoms with Crippen molar-refractivity contribution in [3.8, 4) is 0 Å². The van der Waals surface area contributed by atoms with Gasteiger partial charge in [-0.2, -0.15) is 0 Å². The highest BCUT2D eigenvalue weighted by Crippen LogP contribution is 2.16. The van der Waals surface area contributed by atoms with Gasteiger partial charge in [-0.1, -0.05) is 291 Å². The summed E-state index contributed by atoms with van der Waals surface area (Å²) in [5.74, 6) is -1.06. The van der Waals surface area contributed by atoms with Crippen LogP contribution in [0.5, 0.6) is 0 Å². The van der Waals surface area contributed by atoms with Crippen LogP contribution in [-0.4, -0.2) is 37.2 Å². The molecule has 0 aromatic rings. The van der Waals surface area contributed by atoms with Crippen LogP contribution in [0, 0.1) is 0 Å². The average Bonchev–Trinajstić information content (AvgIpc) is 3.41. The Morgan fingerprint density at radius 2 is 0.560 bits per heavy atom. The second kappa shape index (κ2) is 62.6. The van der Waals surface area contributed by atoms with Crippen LogP contribution in [0.15, 0.2) is 109 Å². The number of ether oxygens (including phenoxy) is 3. The van der Waals surface area contributed by atoms with Gasteiger partial charge in [0, 0.05) is 19.3 Å². The molecule has 0 amide bonds. The Kier molecular flexibility index (Phi) is 59.3. The Hall–Kier alpha value is -3.93. The van der Waals surface area contributed by atoms with Gasteiger partial charge in [-0.3, -0.25) is 14.4 Å². The topological polar surface area (TPSA) is 78.9 Å². The molecule has 0 heterocycles. The fourth-order valence-electron chi connectivity index (χ4n) is 8.60. The van der Waals surface area contributed by atoms with Crippen LogP contribution in [0.3, 0.4) is 0 Å². The van der Waals surface area contributed by atoms with E-state index in [4.69, 9.17) is 14.2 Å². The summed E-state index contributed by atoms with van der Waals surface area (Å²) >= 11 is 0. The van der Waals surface area contributed by atoms with Gasteiger partial charge in [-0.15, -0.1) is 0 Å². The van der Waals surface area contributed by atoms with E-state index in [1.165, 1.54) is 161 Å². The van der Waals surface area contributed by atoms with E-state index in [9.17, 15) is 14.4 Å². The molecule has 0 aromatic carbocycles. The Labute approximate surface area is 463 Å². The molecule has 0 fully saturated rings. The molecule has 0 aliphatic rings. The lowest BCUT2D eigenvalue weighted by Crippen LogP contribution is -2.30. The monoisotopic (exact) mass is 1040 g/mol. The van der Waals surface area contributed by atoms with E-state index in [1.807, 2.05) is 12.2 Å². The Morgan fingerprint density at radius 3 is 0.920 bits per heavy atom. The third-order valence-corrected chi connectivity index (χ3v) is 13.3. The van der Waals surface area contributed by atoms with Crippen molar-refractivity contribution in [2.75, 3.05) is 13.2 Å². The molecule has 0 radical (unpaired) electrons. The second-order valence-electron chi connectivity index (χ2n) is 20.6. The number of esters is 3. The molecule has 0 spiro atoms. The molecular formula is C69H116O6. The minimum Gasteiger partial charge on any atom is -0.462 e. The van der Waals surface area contributed by atoms with Crippen molar-refractivity contribution in [2.24, 2.45) is 0 Å². The predicted molar refractivity (Wildman–Crippen MR) is 325 cm³/mol. The molecule has 0 rings (SSSR count). The molecule has 75 heavy (non-hydrogen) atoms. The molecule has 0 unspecified atom stereocenters. The third-order valence-electron chi connectivity index (χ3n) is 13.3. The van der Waals surface area contributed by atoms with Gasteiger partial charge in [0.05, 0.1) is 0 Å². The molecule has 6 nitrogen and oxygen atoms in total. The van der Waals surface area contributed by atoms with E-state index in [2.05, 4.69) is 118 Å². The Balaban J connectivity index is 4.52. The summed E-state index contributed by atoms with van der Waals surface area (Å²) in [6, 6.07) is 0. The summed E-state index contributed by atoms with van der Waals surface area (Å²) in [6.45, 7) is 6.44. The minimum absolute atomic E-state index is 0.123. The number of unbranched alkanes of at least 4 members (excludes halogenated alkanes) is 27. The van der Waals surface area contributed by atoms with Crippen molar-refractivity contribution in [3.63, 3.8) is 0 Å². The first-order valence-electron chi connectivity index (χ1n) is 31.4. The zero-order valence-corrected chi connectivity index (χ0v) is 49.0. The van der Waals surface area contributed by atoms with E-state index in [-0.39, 0.29) is 38.0 Å². The quantitative estimate of drug-likeness (QED) is 0.0261. The lowest BCUT2D eigenvalue weighted by atomic mass is 10.0. The van der Waals surface area contributed by atoms with Gasteiger partial charge in [0.2, 0.25) is 0 Å². The minimum atomic E-state index is -0.840. The lowest BCUT2D eigenvalue weighted by molar-refractivity contribution is -0.166. The maximum Gasteiger partial charge on any atom is 0.306 e. The second-order valence-corrected chi connectivity index (χ2v) is 20.6. The van der Waals surface area contributed by atoms with Crippen LogP contribution in [0.2, 0.25) is 0 Å². The maximum absolute atomic E-state index is 12.9. The van der Waals surface area contributed by atoms with Crippen LogP contribution in [-0.2, 0) is 28.6 Å². The van der Waals surface area contributed by atoms with Gasteiger partial charge in [0.15, 0.2) is 6.10 Å². The van der Waals surface area contributed by atoms with Crippen LogP contribution in [0.25, 0.3) is 0 Å². The van der Waals surface area contributed by atoms with Crippen molar-refractivity contribution in [2.45, 2.75) is 297 Å². The number of hydrogen-bond acceptors (Lipinski definition) is 6. The van der Waals surface area contributed by atoms with Crippen LogP contribution >= 0.6 is 0 Å². The van der Waals surface area contributed by atoms with Gasteiger partial charge in [-0.05, 0) is 89.9 Å². The molecule has 6 heteroatoms. The molecule has 0 N–H and O–H groups in total. The van der Waals surface area contributed by atoms with Crippen molar-refractivity contribution in [1.82, 2.24) is 0 Å². The fraction of sp³-hybridized carbons (Fsp3) is 0.696. The first-order chi connectivity index (χ1) is 37.0. The van der Waals surface area contributed by atoms with Crippen LogP contribution in [0.4, 0.5) is 0 Å². The highest BCUT2D eigenvalue weighted by atomic mass is 16.6. The van der Waals surface area contributed by atoms with E-state index in [0.29, 0.717) is 19.3 Å². The smallest absolute Gasteiger partial charge is 0.306 e. The van der Waals surface area contributed by atoms with Gasteiger partial charge in [-0.25, -0.2) is 0 Å². The molecule has 1 atom stereocenters. The van der Waals surface area contributed by atoms with E-state index in [0.717, 1.165) is 77.0 Å². The molecule has 0 aliphatic carbocycles. The van der Waals surface area contributed by atoms with Gasteiger partial charge in [0.25, 0.3) is 0 Å². The summed E-state index contributed by atoms with van der Waals surface area (Å²) in [5.41, 5.74) is 0. The normalized spacial score (nSPS) is 12.8. The highest BCUT2D eigenvalue weighted by Gasteiger charge is 2.19. The van der Waals surface area contributed by atoms with E-state index < -0.39 is 12.1 Å². The van der Waals surface area contributed by atoms with Crippen molar-refractivity contribution in [1.29, 1.82) is 0 Å². The zero-order valence-electron chi connectivity index (χ0n) is 49.0. The predicted octanol–water partition coefficient (Wildman–Crippen LogP) is 21.4. The molecular weight excluding hydrogens is 925 g/mol. The molecule has 0 saturated heterocycles. The summed E-state index contributed by atoms with van der Waals surface area (Å²) in [7, 11) is 0. The van der Waals surface area contributed by atoms with Crippen molar-refractivity contribution >= 4 is 17.9 Å². The van der Waals surface area contributed by atoms with Crippen LogP contribution in [0.1, 0.15) is 290 Å². The van der Waals surface area contributed by atoms with E-state index in [1.54, 1.807) is 0 Å². The first kappa shape index (κ1) is 71.1. The number of hydrogen-bond donors (Lipinski definition) is 0. The molecule has 0 aromatic heterocycles. The number of carbonyl (C=O) groups is 3. The molecule has 428 valence electrons. The van der Waals surface area contributed by atoms with Gasteiger partial charge in [0.1, 0.15) is 13.2 Å². The summed E-state index contributed by atoms with van der Waals surface area (Å²) in [5, 5.41) is 0. The molecule has 0 saturated carbocycles. The van der Waals surface area contributed by atoms with Gasteiger partial charge >= 0.3 is 17.9 Å². The highest BCUT2D eigenvalue weighted by molar-refractivity contribution is 5.71. The van der Waals surface area contributed by atoms with Gasteiger partial charge < -0.3 is 14.2 Å². The summed E-state index contributed by atoms with van der Waals surface area (Å²) in [6.07, 6.45) is 85.4. The SMILES string of the molecule is CC/C=C\C/C=C\C/C=C\C/C=C\C/C=C\C/C=C\CCC(=O)O[C@H](COC(=O)CCC/C=C\C/C=C\C/C=C\CCCCCCCC)COC(=O)CCCCCCCCCCCCCCCCCCCCCCC. The Morgan fingerprint density at radius 1 is 0.280 bits per heavy atom. The van der Waals surface area contributed by atoms with E-state index >= 15 is 0 Å². The lowest BCUT2D eigenvalue weighted by Gasteiger charge is -2.18. The third kappa shape index (κ3) is 60.8. The number of carbonyl (C=O) groups excluding carboxylic acids is 3. The summed E-state index contributed by atoms with van der Waals surface area (Å²) in [4.78, 5) is 38.2. The number of rotatable bonds is 56. The van der Waals surface area contributed by atoms with Crippen LogP contribution < -0.4 is 0 Å². The number of allylic oxidation sites excluding steroid dienone is 18. The zero-order chi connectivity index (χ0) is 54.3.